The number of hydrogen-bond donors (Lipinski definition) is 2. The van der Waals surface area contributed by atoms with Gasteiger partial charge in [0.2, 0.25) is 0 Å². The smallest absolute Gasteiger partial charge is 0.0507 e. The van der Waals surface area contributed by atoms with Crippen LogP contribution in [0.1, 0.15) is 30.9 Å². The Morgan fingerprint density at radius 2 is 1.88 bits per heavy atom. The summed E-state index contributed by atoms with van der Waals surface area (Å²) in [6, 6.07) is 4.06. The van der Waals surface area contributed by atoms with Gasteiger partial charge in [0.05, 0.1) is 5.69 Å². The van der Waals surface area contributed by atoms with Crippen molar-refractivity contribution in [2.24, 2.45) is 11.7 Å². The summed E-state index contributed by atoms with van der Waals surface area (Å²) in [6.07, 6.45) is 3.75. The van der Waals surface area contributed by atoms with Crippen LogP contribution in [0.25, 0.3) is 0 Å². The van der Waals surface area contributed by atoms with Crippen LogP contribution in [-0.4, -0.2) is 0 Å². The molecule has 0 bridgehead atoms. The van der Waals surface area contributed by atoms with Gasteiger partial charge in [-0.2, -0.15) is 0 Å². The molecule has 1 saturated carbocycles. The third-order valence-corrected chi connectivity index (χ3v) is 4.26. The molecule has 1 aromatic carbocycles. The van der Waals surface area contributed by atoms with Crippen molar-refractivity contribution in [2.45, 2.75) is 25.3 Å². The standard InChI is InChI=1S/C11H14Br2N2.ClH/c12-7-4-8(11(15)9(13)5-7)10(14)6-2-1-3-6;/h4-6,10H,1-3,14-15H2;1H/t10-;/m1./s1. The SMILES string of the molecule is Cl.Nc1c(Br)cc(Br)cc1[C@H](N)C1CCC1. The van der Waals surface area contributed by atoms with Crippen molar-refractivity contribution in [3.8, 4) is 0 Å². The van der Waals surface area contributed by atoms with Crippen molar-refractivity contribution in [3.63, 3.8) is 0 Å². The van der Waals surface area contributed by atoms with Crippen LogP contribution in [0.2, 0.25) is 0 Å². The van der Waals surface area contributed by atoms with Crippen molar-refractivity contribution >= 4 is 50.0 Å². The fraction of sp³-hybridized carbons (Fsp3) is 0.455. The molecule has 1 atom stereocenters. The van der Waals surface area contributed by atoms with Gasteiger partial charge in [-0.25, -0.2) is 0 Å². The predicted molar refractivity (Wildman–Crippen MR) is 77.8 cm³/mol. The zero-order valence-corrected chi connectivity index (χ0v) is 12.7. The van der Waals surface area contributed by atoms with Gasteiger partial charge in [-0.15, -0.1) is 12.4 Å². The Hall–Kier alpha value is 0.230. The highest BCUT2D eigenvalue weighted by Crippen LogP contribution is 2.40. The average Bonchev–Trinajstić information content (AvgIpc) is 2.08. The first-order valence-corrected chi connectivity index (χ1v) is 6.68. The monoisotopic (exact) mass is 368 g/mol. The molecular weight excluding hydrogens is 355 g/mol. The third-order valence-electron chi connectivity index (χ3n) is 3.14. The number of nitrogen functional groups attached to an aromatic ring is 1. The number of hydrogen-bond acceptors (Lipinski definition) is 2. The van der Waals surface area contributed by atoms with Gasteiger partial charge in [-0.1, -0.05) is 22.4 Å². The summed E-state index contributed by atoms with van der Waals surface area (Å²) in [5, 5.41) is 0. The Morgan fingerprint density at radius 3 is 2.38 bits per heavy atom. The molecule has 2 rings (SSSR count). The van der Waals surface area contributed by atoms with Crippen LogP contribution in [0.3, 0.4) is 0 Å². The molecule has 1 aliphatic rings. The summed E-state index contributed by atoms with van der Waals surface area (Å²) in [7, 11) is 0. The van der Waals surface area contributed by atoms with Gasteiger partial charge in [-0.05, 0) is 52.4 Å². The minimum absolute atomic E-state index is 0. The van der Waals surface area contributed by atoms with E-state index in [1.807, 2.05) is 12.1 Å². The highest BCUT2D eigenvalue weighted by molar-refractivity contribution is 9.11. The maximum absolute atomic E-state index is 6.22. The number of anilines is 1. The molecule has 0 amide bonds. The van der Waals surface area contributed by atoms with Crippen LogP contribution in [0.5, 0.6) is 0 Å². The van der Waals surface area contributed by atoms with Gasteiger partial charge >= 0.3 is 0 Å². The molecule has 90 valence electrons. The van der Waals surface area contributed by atoms with E-state index in [1.54, 1.807) is 0 Å². The predicted octanol–water partition coefficient (Wildman–Crippen LogP) is 4.02. The van der Waals surface area contributed by atoms with Crippen LogP contribution >= 0.6 is 44.3 Å². The van der Waals surface area contributed by atoms with Crippen molar-refractivity contribution in [3.05, 3.63) is 26.6 Å². The first-order chi connectivity index (χ1) is 7.09. The van der Waals surface area contributed by atoms with Crippen LogP contribution in [0.4, 0.5) is 5.69 Å². The molecule has 0 aliphatic heterocycles. The lowest BCUT2D eigenvalue weighted by Crippen LogP contribution is -2.27. The first-order valence-electron chi connectivity index (χ1n) is 5.09. The summed E-state index contributed by atoms with van der Waals surface area (Å²) >= 11 is 6.91. The van der Waals surface area contributed by atoms with E-state index in [0.29, 0.717) is 5.92 Å². The van der Waals surface area contributed by atoms with Crippen LogP contribution in [0.15, 0.2) is 21.1 Å². The molecule has 0 radical (unpaired) electrons. The molecule has 2 nitrogen and oxygen atoms in total. The quantitative estimate of drug-likeness (QED) is 0.773. The van der Waals surface area contributed by atoms with Crippen molar-refractivity contribution in [2.75, 3.05) is 5.73 Å². The number of nitrogens with two attached hydrogens (primary N) is 2. The lowest BCUT2D eigenvalue weighted by molar-refractivity contribution is 0.265. The first kappa shape index (κ1) is 14.3. The van der Waals surface area contributed by atoms with E-state index in [2.05, 4.69) is 31.9 Å². The Kier molecular flexibility index (Phi) is 5.10. The summed E-state index contributed by atoms with van der Waals surface area (Å²) in [5.41, 5.74) is 14.1. The third kappa shape index (κ3) is 2.73. The molecular formula is C11H15Br2ClN2. The summed E-state index contributed by atoms with van der Waals surface area (Å²) in [5.74, 6) is 0.605. The second kappa shape index (κ2) is 5.71. The summed E-state index contributed by atoms with van der Waals surface area (Å²) in [6.45, 7) is 0. The minimum atomic E-state index is 0. The maximum Gasteiger partial charge on any atom is 0.0507 e. The average molecular weight is 371 g/mol. The van der Waals surface area contributed by atoms with Gasteiger partial charge in [0, 0.05) is 15.0 Å². The Bertz CT molecular complexity index is 380. The van der Waals surface area contributed by atoms with Crippen LogP contribution < -0.4 is 11.5 Å². The molecule has 4 N–H and O–H groups in total. The number of benzene rings is 1. The largest absolute Gasteiger partial charge is 0.398 e. The summed E-state index contributed by atoms with van der Waals surface area (Å²) < 4.78 is 1.94. The van der Waals surface area contributed by atoms with E-state index >= 15 is 0 Å². The molecule has 0 heterocycles. The van der Waals surface area contributed by atoms with Gasteiger partial charge in [0.15, 0.2) is 0 Å². The highest BCUT2D eigenvalue weighted by atomic mass is 79.9. The van der Waals surface area contributed by atoms with Crippen molar-refractivity contribution in [1.82, 2.24) is 0 Å². The van der Waals surface area contributed by atoms with Crippen molar-refractivity contribution < 1.29 is 0 Å². The van der Waals surface area contributed by atoms with Gasteiger partial charge < -0.3 is 11.5 Å². The fourth-order valence-electron chi connectivity index (χ4n) is 1.93. The lowest BCUT2D eigenvalue weighted by Gasteiger charge is -2.32. The van der Waals surface area contributed by atoms with E-state index in [-0.39, 0.29) is 18.4 Å². The van der Waals surface area contributed by atoms with Gasteiger partial charge in [-0.3, -0.25) is 0 Å². The molecule has 0 unspecified atom stereocenters. The maximum atomic E-state index is 6.22. The number of rotatable bonds is 2. The second-order valence-corrected chi connectivity index (χ2v) is 5.88. The molecule has 5 heteroatoms. The molecule has 0 aromatic heterocycles. The van der Waals surface area contributed by atoms with E-state index in [1.165, 1.54) is 19.3 Å². The molecule has 16 heavy (non-hydrogen) atoms. The number of halogens is 3. The van der Waals surface area contributed by atoms with Crippen LogP contribution in [0, 0.1) is 5.92 Å². The Balaban J connectivity index is 0.00000128. The molecule has 0 saturated heterocycles. The van der Waals surface area contributed by atoms with Gasteiger partial charge in [0.1, 0.15) is 0 Å². The zero-order chi connectivity index (χ0) is 11.0. The molecule has 1 fully saturated rings. The normalized spacial score (nSPS) is 17.4. The fourth-order valence-corrected chi connectivity index (χ4v) is 3.19. The zero-order valence-electron chi connectivity index (χ0n) is 8.75. The summed E-state index contributed by atoms with van der Waals surface area (Å²) in [4.78, 5) is 0. The van der Waals surface area contributed by atoms with Gasteiger partial charge in [0.25, 0.3) is 0 Å². The van der Waals surface area contributed by atoms with E-state index < -0.39 is 0 Å². The van der Waals surface area contributed by atoms with Crippen LogP contribution in [-0.2, 0) is 0 Å². The van der Waals surface area contributed by atoms with E-state index in [4.69, 9.17) is 11.5 Å². The Morgan fingerprint density at radius 1 is 1.25 bits per heavy atom. The molecule has 1 aliphatic carbocycles. The second-order valence-electron chi connectivity index (χ2n) is 4.11. The molecule has 0 spiro atoms. The minimum Gasteiger partial charge on any atom is -0.398 e. The Labute approximate surface area is 119 Å². The van der Waals surface area contributed by atoms with E-state index in [9.17, 15) is 0 Å². The van der Waals surface area contributed by atoms with Crippen molar-refractivity contribution in [1.29, 1.82) is 0 Å². The van der Waals surface area contributed by atoms with E-state index in [0.717, 1.165) is 20.2 Å². The topological polar surface area (TPSA) is 52.0 Å². The molecule has 1 aromatic rings. The lowest BCUT2D eigenvalue weighted by atomic mass is 9.77. The highest BCUT2D eigenvalue weighted by Gasteiger charge is 2.27.